The lowest BCUT2D eigenvalue weighted by atomic mass is 9.49. The topological polar surface area (TPSA) is 55.4 Å². The van der Waals surface area contributed by atoms with Crippen LogP contribution in [0.5, 0.6) is 0 Å². The molecule has 3 rings (SSSR count). The minimum atomic E-state index is -1.00. The molecular weight excluding hydrogens is 480 g/mol. The van der Waals surface area contributed by atoms with Gasteiger partial charge in [0.2, 0.25) is 0 Å². The molecule has 3 fully saturated rings. The van der Waals surface area contributed by atoms with Crippen molar-refractivity contribution in [2.75, 3.05) is 13.0 Å². The highest BCUT2D eigenvalue weighted by molar-refractivity contribution is 9.08. The fourth-order valence-electron chi connectivity index (χ4n) is 3.14. The molecule has 0 saturated carbocycles. The molecule has 188 valence electrons. The minimum Gasteiger partial charge on any atom is -0.405 e. The zero-order valence-corrected chi connectivity index (χ0v) is 24.2. The van der Waals surface area contributed by atoms with Crippen LogP contribution >= 0.6 is 15.9 Å². The SMILES string of the molecule is CB1OC(C)(C)C(C)(C)O1.CBr.CC1(C)OB(B2OC(C)(C)C(C)(C)O2)OC1(C)C.[2H]CF. The molecule has 32 heavy (non-hydrogen) atoms. The summed E-state index contributed by atoms with van der Waals surface area (Å²) >= 11 is 2.94. The monoisotopic (exact) mass is 525 g/mol. The van der Waals surface area contributed by atoms with Crippen molar-refractivity contribution < 1.29 is 33.7 Å². The van der Waals surface area contributed by atoms with E-state index in [1.54, 1.807) is 0 Å². The zero-order valence-electron chi connectivity index (χ0n) is 23.6. The van der Waals surface area contributed by atoms with Crippen LogP contribution < -0.4 is 0 Å². The number of alkyl halides is 2. The Morgan fingerprint density at radius 1 is 0.531 bits per heavy atom. The van der Waals surface area contributed by atoms with Crippen molar-refractivity contribution in [3.05, 3.63) is 0 Å². The van der Waals surface area contributed by atoms with Crippen LogP contribution in [0.4, 0.5) is 4.39 Å². The first-order valence-corrected chi connectivity index (χ1v) is 12.5. The van der Waals surface area contributed by atoms with Gasteiger partial charge < -0.3 is 27.9 Å². The Hall–Kier alpha value is 0.365. The average Bonchev–Trinajstić information content (AvgIpc) is 3.05. The van der Waals surface area contributed by atoms with Crippen molar-refractivity contribution >= 4 is 37.1 Å². The summed E-state index contributed by atoms with van der Waals surface area (Å²) in [4.78, 5) is 0. The molecule has 11 heteroatoms. The lowest BCUT2D eigenvalue weighted by molar-refractivity contribution is 0.00578. The molecule has 6 nitrogen and oxygen atoms in total. The van der Waals surface area contributed by atoms with Gasteiger partial charge in [-0.05, 0) is 95.7 Å². The Kier molecular flexibility index (Phi) is 10.4. The second kappa shape index (κ2) is 11.0. The summed E-state index contributed by atoms with van der Waals surface area (Å²) in [6.07, 6.45) is 0. The molecule has 3 heterocycles. The van der Waals surface area contributed by atoms with Crippen molar-refractivity contribution in [1.82, 2.24) is 0 Å². The van der Waals surface area contributed by atoms with Crippen LogP contribution in [-0.4, -0.2) is 67.7 Å². The molecule has 3 aliphatic rings. The Labute approximate surface area is 207 Å². The summed E-state index contributed by atoms with van der Waals surface area (Å²) in [5.74, 6) is 1.81. The number of hydrogen-bond acceptors (Lipinski definition) is 6. The fraction of sp³-hybridized carbons (Fsp3) is 1.00. The number of hydrogen-bond donors (Lipinski definition) is 0. The molecule has 0 unspecified atom stereocenters. The molecule has 0 bridgehead atoms. The van der Waals surface area contributed by atoms with Crippen molar-refractivity contribution in [3.8, 4) is 0 Å². The molecule has 0 aromatic heterocycles. The van der Waals surface area contributed by atoms with E-state index in [4.69, 9.17) is 29.3 Å². The molecule has 0 amide bonds. The van der Waals surface area contributed by atoms with E-state index in [2.05, 4.69) is 43.6 Å². The summed E-state index contributed by atoms with van der Waals surface area (Å²) in [7, 11) is -2.02. The third-order valence-electron chi connectivity index (χ3n) is 7.14. The second-order valence-corrected chi connectivity index (χ2v) is 11.1. The molecule has 0 N–H and O–H groups in total. The quantitative estimate of drug-likeness (QED) is 0.330. The standard InChI is InChI=1S/C12H24B2O4.C7H15BO2.CH3Br.CH3F/c1-9(2)10(3,4)16-13(15-9)14-17-11(5,6)12(7,8)18-14;1-6(2)7(3,4)10-8(5)9-6;2*1-2/h1-8H3;1-5H3;2*1H3/i;;;1D. The van der Waals surface area contributed by atoms with Gasteiger partial charge >= 0.3 is 21.1 Å². The van der Waals surface area contributed by atoms with E-state index in [-0.39, 0.29) is 40.7 Å². The van der Waals surface area contributed by atoms with Gasteiger partial charge in [0.15, 0.2) is 0 Å². The smallest absolute Gasteiger partial charge is 0.405 e. The van der Waals surface area contributed by atoms with Crippen molar-refractivity contribution in [2.24, 2.45) is 0 Å². The van der Waals surface area contributed by atoms with Gasteiger partial charge in [0.05, 0.1) is 42.1 Å². The van der Waals surface area contributed by atoms with E-state index in [0.29, 0.717) is 0 Å². The molecular formula is C21H45B3BrFO6. The summed E-state index contributed by atoms with van der Waals surface area (Å²) in [5, 5.41) is 0. The van der Waals surface area contributed by atoms with Gasteiger partial charge in [-0.2, -0.15) is 0 Å². The summed E-state index contributed by atoms with van der Waals surface area (Å²) in [6, 6.07) is 0. The molecule has 0 atom stereocenters. The first-order valence-electron chi connectivity index (χ1n) is 11.7. The molecule has 0 spiro atoms. The zero-order chi connectivity index (χ0) is 26.7. The Balaban J connectivity index is 0.000000576. The minimum absolute atomic E-state index is 0.0648. The van der Waals surface area contributed by atoms with Gasteiger partial charge in [-0.25, -0.2) is 0 Å². The first-order chi connectivity index (χ1) is 14.6. The Morgan fingerprint density at radius 2 is 0.688 bits per heavy atom. The maximum absolute atomic E-state index is 9.96. The summed E-state index contributed by atoms with van der Waals surface area (Å²) in [6.45, 7) is 26.3. The third-order valence-corrected chi connectivity index (χ3v) is 7.14. The van der Waals surface area contributed by atoms with Gasteiger partial charge in [-0.15, -0.1) is 0 Å². The van der Waals surface area contributed by atoms with Crippen molar-refractivity contribution in [1.29, 1.82) is 0 Å². The van der Waals surface area contributed by atoms with Crippen LogP contribution in [0, 0.1) is 0 Å². The Morgan fingerprint density at radius 3 is 0.812 bits per heavy atom. The van der Waals surface area contributed by atoms with Gasteiger partial charge in [0.1, 0.15) is 0 Å². The van der Waals surface area contributed by atoms with Crippen molar-refractivity contribution in [2.45, 2.75) is 124 Å². The maximum Gasteiger partial charge on any atom is 0.488 e. The van der Waals surface area contributed by atoms with Crippen LogP contribution in [0.3, 0.4) is 0 Å². The molecule has 0 aliphatic carbocycles. The Bertz CT molecular complexity index is 541. The second-order valence-electron chi connectivity index (χ2n) is 11.1. The van der Waals surface area contributed by atoms with E-state index in [1.807, 2.05) is 68.0 Å². The highest BCUT2D eigenvalue weighted by atomic mass is 79.9. The normalized spacial score (nSPS) is 27.9. The highest BCUT2D eigenvalue weighted by Crippen LogP contribution is 2.43. The van der Waals surface area contributed by atoms with Crippen molar-refractivity contribution in [3.63, 3.8) is 0 Å². The fourth-order valence-corrected chi connectivity index (χ4v) is 3.14. The molecule has 0 radical (unpaired) electrons. The predicted molar refractivity (Wildman–Crippen MR) is 136 cm³/mol. The van der Waals surface area contributed by atoms with E-state index in [0.717, 1.165) is 0 Å². The van der Waals surface area contributed by atoms with Crippen LogP contribution in [0.25, 0.3) is 0 Å². The van der Waals surface area contributed by atoms with Gasteiger partial charge in [0.25, 0.3) is 0 Å². The largest absolute Gasteiger partial charge is 0.488 e. The number of rotatable bonds is 1. The molecule has 0 aromatic rings. The van der Waals surface area contributed by atoms with Crippen LogP contribution in [0.15, 0.2) is 0 Å². The molecule has 3 aliphatic heterocycles. The predicted octanol–water partition coefficient (Wildman–Crippen LogP) is 5.55. The summed E-state index contributed by atoms with van der Waals surface area (Å²) in [5.41, 5.74) is -1.76. The van der Waals surface area contributed by atoms with Crippen LogP contribution in [-0.2, 0) is 27.9 Å². The third kappa shape index (κ3) is 6.95. The first kappa shape index (κ1) is 30.4. The highest BCUT2D eigenvalue weighted by Gasteiger charge is 2.63. The molecule has 0 aromatic carbocycles. The molecule has 3 saturated heterocycles. The van der Waals surface area contributed by atoms with E-state index in [9.17, 15) is 4.39 Å². The lowest BCUT2D eigenvalue weighted by Crippen LogP contribution is -2.41. The number of halogens is 2. The van der Waals surface area contributed by atoms with Crippen LogP contribution in [0.2, 0.25) is 6.82 Å². The van der Waals surface area contributed by atoms with E-state index < -0.39 is 21.2 Å². The maximum atomic E-state index is 9.96. The van der Waals surface area contributed by atoms with Crippen LogP contribution in [0.1, 0.15) is 84.5 Å². The summed E-state index contributed by atoms with van der Waals surface area (Å²) < 4.78 is 50.4. The van der Waals surface area contributed by atoms with E-state index in [1.165, 1.54) is 0 Å². The van der Waals surface area contributed by atoms with Gasteiger partial charge in [0, 0.05) is 0 Å². The van der Waals surface area contributed by atoms with Gasteiger partial charge in [-0.1, -0.05) is 15.9 Å². The lowest BCUT2D eigenvalue weighted by Gasteiger charge is -2.32. The van der Waals surface area contributed by atoms with Gasteiger partial charge in [-0.3, -0.25) is 4.39 Å². The average molecular weight is 526 g/mol. The van der Waals surface area contributed by atoms with E-state index >= 15 is 0 Å².